The number of carbonyl (C=O) groups is 1. The summed E-state index contributed by atoms with van der Waals surface area (Å²) in [7, 11) is 1.51. The first-order valence-corrected chi connectivity index (χ1v) is 8.68. The molecular formula is C17H20F3N7O. The molecule has 0 unspecified atom stereocenters. The Bertz CT molecular complexity index is 888. The second-order valence-electron chi connectivity index (χ2n) is 6.50. The maximum atomic E-state index is 12.8. The molecule has 1 aliphatic heterocycles. The predicted molar refractivity (Wildman–Crippen MR) is 96.2 cm³/mol. The Balaban J connectivity index is 1.76. The lowest BCUT2D eigenvalue weighted by atomic mass is 10.2. The zero-order valence-corrected chi connectivity index (χ0v) is 15.6. The molecule has 0 saturated carbocycles. The summed E-state index contributed by atoms with van der Waals surface area (Å²) in [6.07, 6.45) is -2.78. The van der Waals surface area contributed by atoms with Gasteiger partial charge in [0.2, 0.25) is 11.8 Å². The summed E-state index contributed by atoms with van der Waals surface area (Å²) < 4.78 is 38.4. The van der Waals surface area contributed by atoms with E-state index < -0.39 is 11.9 Å². The van der Waals surface area contributed by atoms with Crippen LogP contribution in [0.5, 0.6) is 0 Å². The highest BCUT2D eigenvalue weighted by molar-refractivity contribution is 5.90. The number of aromatic nitrogens is 4. The van der Waals surface area contributed by atoms with Crippen molar-refractivity contribution in [2.24, 2.45) is 0 Å². The molecule has 1 amide bonds. The van der Waals surface area contributed by atoms with Crippen LogP contribution in [0.2, 0.25) is 0 Å². The van der Waals surface area contributed by atoms with Crippen molar-refractivity contribution in [1.29, 1.82) is 0 Å². The highest BCUT2D eigenvalue weighted by Gasteiger charge is 2.33. The number of rotatable bonds is 4. The number of amides is 1. The summed E-state index contributed by atoms with van der Waals surface area (Å²) in [5.74, 6) is 0.275. The molecule has 3 rings (SSSR count). The molecule has 2 N–H and O–H groups in total. The first-order chi connectivity index (χ1) is 13.2. The average molecular weight is 395 g/mol. The van der Waals surface area contributed by atoms with Crippen LogP contribution in [0.25, 0.3) is 0 Å². The molecule has 28 heavy (non-hydrogen) atoms. The number of halogens is 3. The van der Waals surface area contributed by atoms with Crippen molar-refractivity contribution in [1.82, 2.24) is 25.3 Å². The van der Waals surface area contributed by atoms with Crippen molar-refractivity contribution in [3.05, 3.63) is 35.0 Å². The van der Waals surface area contributed by atoms with Gasteiger partial charge in [0.05, 0.1) is 0 Å². The van der Waals surface area contributed by atoms with E-state index in [9.17, 15) is 18.0 Å². The molecule has 0 aliphatic carbocycles. The van der Waals surface area contributed by atoms with Gasteiger partial charge in [-0.1, -0.05) is 0 Å². The van der Waals surface area contributed by atoms with E-state index >= 15 is 0 Å². The van der Waals surface area contributed by atoms with Crippen molar-refractivity contribution < 1.29 is 18.0 Å². The topological polar surface area (TPSA) is 95.9 Å². The maximum Gasteiger partial charge on any atom is 0.433 e. The molecule has 3 heterocycles. The maximum absolute atomic E-state index is 12.8. The van der Waals surface area contributed by atoms with E-state index in [1.54, 1.807) is 6.92 Å². The van der Waals surface area contributed by atoms with E-state index in [1.165, 1.54) is 7.05 Å². The number of anilines is 2. The van der Waals surface area contributed by atoms with Gasteiger partial charge in [-0.3, -0.25) is 4.79 Å². The molecule has 0 radical (unpaired) electrons. The number of carbonyl (C=O) groups excluding carboxylic acids is 1. The van der Waals surface area contributed by atoms with Gasteiger partial charge in [-0.25, -0.2) is 19.9 Å². The molecular weight excluding hydrogens is 375 g/mol. The molecule has 11 heteroatoms. The third-order valence-corrected chi connectivity index (χ3v) is 4.56. The smallest absolute Gasteiger partial charge is 0.354 e. The first kappa shape index (κ1) is 19.8. The van der Waals surface area contributed by atoms with Gasteiger partial charge in [0, 0.05) is 43.6 Å². The number of alkyl halides is 3. The Kier molecular flexibility index (Phi) is 5.34. The van der Waals surface area contributed by atoms with E-state index in [0.717, 1.165) is 17.8 Å². The lowest BCUT2D eigenvalue weighted by Crippen LogP contribution is -2.29. The molecule has 0 bridgehead atoms. The fourth-order valence-electron chi connectivity index (χ4n) is 2.97. The average Bonchev–Trinajstić information content (AvgIpc) is 3.11. The lowest BCUT2D eigenvalue weighted by molar-refractivity contribution is -0.141. The lowest BCUT2D eigenvalue weighted by Gasteiger charge is -2.21. The monoisotopic (exact) mass is 395 g/mol. The van der Waals surface area contributed by atoms with Crippen LogP contribution >= 0.6 is 0 Å². The third kappa shape index (κ3) is 4.12. The molecule has 150 valence electrons. The van der Waals surface area contributed by atoms with Crippen LogP contribution in [-0.4, -0.2) is 52.0 Å². The van der Waals surface area contributed by atoms with Crippen LogP contribution in [0, 0.1) is 13.8 Å². The summed E-state index contributed by atoms with van der Waals surface area (Å²) in [5.41, 5.74) is 0.558. The van der Waals surface area contributed by atoms with E-state index in [2.05, 4.69) is 30.6 Å². The van der Waals surface area contributed by atoms with Crippen molar-refractivity contribution in [2.75, 3.05) is 30.4 Å². The van der Waals surface area contributed by atoms with E-state index in [-0.39, 0.29) is 23.7 Å². The molecule has 8 nitrogen and oxygen atoms in total. The molecule has 2 aromatic heterocycles. The Labute approximate surface area is 159 Å². The molecule has 1 saturated heterocycles. The highest BCUT2D eigenvalue weighted by Crippen LogP contribution is 2.28. The van der Waals surface area contributed by atoms with Gasteiger partial charge in [-0.15, -0.1) is 0 Å². The van der Waals surface area contributed by atoms with Crippen LogP contribution in [0.4, 0.5) is 24.9 Å². The number of hydrogen-bond donors (Lipinski definition) is 2. The van der Waals surface area contributed by atoms with Crippen LogP contribution in [0.1, 0.15) is 34.0 Å². The molecule has 1 aliphatic rings. The minimum Gasteiger partial charge on any atom is -0.354 e. The summed E-state index contributed by atoms with van der Waals surface area (Å²) >= 11 is 0. The predicted octanol–water partition coefficient (Wildman–Crippen LogP) is 1.95. The van der Waals surface area contributed by atoms with Crippen molar-refractivity contribution in [3.63, 3.8) is 0 Å². The van der Waals surface area contributed by atoms with Gasteiger partial charge in [-0.05, 0) is 26.3 Å². The summed E-state index contributed by atoms with van der Waals surface area (Å²) in [4.78, 5) is 29.8. The van der Waals surface area contributed by atoms with Crippen molar-refractivity contribution in [2.45, 2.75) is 32.5 Å². The largest absolute Gasteiger partial charge is 0.433 e. The SMILES string of the molecule is CNC(=O)c1nc(C)c(C)c(N2CC[C@@H](Nc3nccc(C(F)(F)F)n3)C2)n1. The molecule has 1 atom stereocenters. The van der Waals surface area contributed by atoms with Crippen molar-refractivity contribution in [3.8, 4) is 0 Å². The van der Waals surface area contributed by atoms with Gasteiger partial charge in [0.1, 0.15) is 11.5 Å². The Hall–Kier alpha value is -2.98. The third-order valence-electron chi connectivity index (χ3n) is 4.56. The number of nitrogens with one attached hydrogen (secondary N) is 2. The van der Waals surface area contributed by atoms with Crippen LogP contribution < -0.4 is 15.5 Å². The summed E-state index contributed by atoms with van der Waals surface area (Å²) in [5, 5.41) is 5.45. The Morgan fingerprint density at radius 1 is 1.25 bits per heavy atom. The van der Waals surface area contributed by atoms with Crippen LogP contribution in [-0.2, 0) is 6.18 Å². The Morgan fingerprint density at radius 3 is 2.68 bits per heavy atom. The second kappa shape index (κ2) is 7.56. The summed E-state index contributed by atoms with van der Waals surface area (Å²) in [6.45, 7) is 4.79. The molecule has 1 fully saturated rings. The molecule has 0 spiro atoms. The fourth-order valence-corrected chi connectivity index (χ4v) is 2.97. The first-order valence-electron chi connectivity index (χ1n) is 8.68. The standard InChI is InChI=1S/C17H20F3N7O/c1-9-10(2)23-13(15(28)21-3)26-14(9)27-7-5-11(8-27)24-16-22-6-4-12(25-16)17(18,19)20/h4,6,11H,5,7-8H2,1-3H3,(H,21,28)(H,22,24,25)/t11-/m1/s1. The summed E-state index contributed by atoms with van der Waals surface area (Å²) in [6, 6.07) is 0.682. The Morgan fingerprint density at radius 2 is 2.00 bits per heavy atom. The normalized spacial score (nSPS) is 16.9. The van der Waals surface area contributed by atoms with Crippen LogP contribution in [0.3, 0.4) is 0 Å². The minimum atomic E-state index is -4.52. The van der Waals surface area contributed by atoms with Gasteiger partial charge >= 0.3 is 6.18 Å². The van der Waals surface area contributed by atoms with Gasteiger partial charge < -0.3 is 15.5 Å². The van der Waals surface area contributed by atoms with Crippen LogP contribution in [0.15, 0.2) is 12.3 Å². The van der Waals surface area contributed by atoms with Gasteiger partial charge in [-0.2, -0.15) is 13.2 Å². The fraction of sp³-hybridized carbons (Fsp3) is 0.471. The minimum absolute atomic E-state index is 0.0664. The van der Waals surface area contributed by atoms with E-state index in [1.807, 2.05) is 11.8 Å². The molecule has 2 aromatic rings. The quantitative estimate of drug-likeness (QED) is 0.817. The van der Waals surface area contributed by atoms with E-state index in [4.69, 9.17) is 0 Å². The number of nitrogens with zero attached hydrogens (tertiary/aromatic N) is 5. The second-order valence-corrected chi connectivity index (χ2v) is 6.50. The number of hydrogen-bond acceptors (Lipinski definition) is 7. The number of aryl methyl sites for hydroxylation is 1. The van der Waals surface area contributed by atoms with Gasteiger partial charge in [0.25, 0.3) is 5.91 Å². The zero-order chi connectivity index (χ0) is 20.5. The zero-order valence-electron chi connectivity index (χ0n) is 15.6. The molecule has 0 aromatic carbocycles. The highest BCUT2D eigenvalue weighted by atomic mass is 19.4. The van der Waals surface area contributed by atoms with Gasteiger partial charge in [0.15, 0.2) is 0 Å². The van der Waals surface area contributed by atoms with Crippen molar-refractivity contribution >= 4 is 17.7 Å². The van der Waals surface area contributed by atoms with E-state index in [0.29, 0.717) is 31.0 Å².